The Morgan fingerprint density at radius 2 is 1.90 bits per heavy atom. The Hall–Kier alpha value is -2.13. The Bertz CT molecular complexity index is 722. The SMILES string of the molecule is Cc1ccc(N/N=C2/CC(=O)c3ccccc32)cc1Cl. The van der Waals surface area contributed by atoms with Crippen LogP contribution in [0.25, 0.3) is 0 Å². The topological polar surface area (TPSA) is 41.5 Å². The number of ketones is 1. The maximum Gasteiger partial charge on any atom is 0.169 e. The summed E-state index contributed by atoms with van der Waals surface area (Å²) in [6.45, 7) is 1.95. The highest BCUT2D eigenvalue weighted by molar-refractivity contribution is 6.31. The average molecular weight is 285 g/mol. The molecule has 0 saturated heterocycles. The number of Topliss-reactive ketones (excluding diaryl/α,β-unsaturated/α-hetero) is 1. The molecule has 2 aromatic carbocycles. The van der Waals surface area contributed by atoms with Crippen LogP contribution in [-0.2, 0) is 0 Å². The van der Waals surface area contributed by atoms with Crippen molar-refractivity contribution in [3.63, 3.8) is 0 Å². The van der Waals surface area contributed by atoms with Crippen molar-refractivity contribution in [1.29, 1.82) is 0 Å². The number of hydrogen-bond donors (Lipinski definition) is 1. The number of rotatable bonds is 2. The number of nitrogens with one attached hydrogen (secondary N) is 1. The van der Waals surface area contributed by atoms with Gasteiger partial charge in [0.25, 0.3) is 0 Å². The van der Waals surface area contributed by atoms with Gasteiger partial charge in [0, 0.05) is 16.1 Å². The third-order valence-electron chi connectivity index (χ3n) is 3.36. The molecule has 0 aliphatic heterocycles. The number of fused-ring (bicyclic) bond motifs is 1. The van der Waals surface area contributed by atoms with E-state index in [4.69, 9.17) is 11.6 Å². The van der Waals surface area contributed by atoms with E-state index in [-0.39, 0.29) is 5.78 Å². The minimum Gasteiger partial charge on any atom is -0.294 e. The number of nitrogens with zero attached hydrogens (tertiary/aromatic N) is 1. The normalized spacial score (nSPS) is 15.5. The number of anilines is 1. The summed E-state index contributed by atoms with van der Waals surface area (Å²) in [7, 11) is 0. The molecule has 4 heteroatoms. The van der Waals surface area contributed by atoms with Gasteiger partial charge in [0.15, 0.2) is 5.78 Å². The van der Waals surface area contributed by atoms with E-state index in [1.807, 2.05) is 49.4 Å². The molecule has 3 rings (SSSR count). The van der Waals surface area contributed by atoms with Crippen LogP contribution < -0.4 is 5.43 Å². The monoisotopic (exact) mass is 284 g/mol. The average Bonchev–Trinajstić information content (AvgIpc) is 2.78. The first kappa shape index (κ1) is 12.9. The van der Waals surface area contributed by atoms with Gasteiger partial charge >= 0.3 is 0 Å². The number of carbonyl (C=O) groups excluding carboxylic acids is 1. The van der Waals surface area contributed by atoms with Gasteiger partial charge in [0.05, 0.1) is 17.8 Å². The van der Waals surface area contributed by atoms with Crippen molar-refractivity contribution >= 4 is 28.8 Å². The molecule has 2 aromatic rings. The zero-order valence-corrected chi connectivity index (χ0v) is 11.7. The molecule has 3 nitrogen and oxygen atoms in total. The highest BCUT2D eigenvalue weighted by atomic mass is 35.5. The van der Waals surface area contributed by atoms with Crippen molar-refractivity contribution in [2.75, 3.05) is 5.43 Å². The molecule has 1 aliphatic rings. The molecule has 0 saturated carbocycles. The van der Waals surface area contributed by atoms with Crippen molar-refractivity contribution in [3.8, 4) is 0 Å². The largest absolute Gasteiger partial charge is 0.294 e. The predicted molar refractivity (Wildman–Crippen MR) is 81.7 cm³/mol. The number of benzene rings is 2. The lowest BCUT2D eigenvalue weighted by molar-refractivity contribution is 0.101. The first-order valence-electron chi connectivity index (χ1n) is 6.36. The Kier molecular flexibility index (Phi) is 3.28. The fourth-order valence-corrected chi connectivity index (χ4v) is 2.40. The summed E-state index contributed by atoms with van der Waals surface area (Å²) < 4.78 is 0. The van der Waals surface area contributed by atoms with Crippen LogP contribution in [0.2, 0.25) is 5.02 Å². The number of carbonyl (C=O) groups is 1. The van der Waals surface area contributed by atoms with Crippen LogP contribution in [0.3, 0.4) is 0 Å². The van der Waals surface area contributed by atoms with Crippen molar-refractivity contribution in [2.45, 2.75) is 13.3 Å². The Morgan fingerprint density at radius 3 is 2.65 bits per heavy atom. The molecule has 0 heterocycles. The standard InChI is InChI=1S/C16H13ClN2O/c1-10-6-7-11(8-14(10)17)18-19-15-9-16(20)13-5-3-2-4-12(13)15/h2-8,18H,9H2,1H3/b19-15-. The van der Waals surface area contributed by atoms with Gasteiger partial charge in [0.1, 0.15) is 0 Å². The first-order chi connectivity index (χ1) is 9.65. The van der Waals surface area contributed by atoms with Crippen LogP contribution >= 0.6 is 11.6 Å². The minimum absolute atomic E-state index is 0.114. The lowest BCUT2D eigenvalue weighted by Crippen LogP contribution is -2.00. The van der Waals surface area contributed by atoms with Crippen molar-refractivity contribution in [1.82, 2.24) is 0 Å². The molecule has 1 aliphatic carbocycles. The van der Waals surface area contributed by atoms with Crippen molar-refractivity contribution in [3.05, 3.63) is 64.2 Å². The highest BCUT2D eigenvalue weighted by Gasteiger charge is 2.24. The van der Waals surface area contributed by atoms with E-state index in [2.05, 4.69) is 10.5 Å². The van der Waals surface area contributed by atoms with Gasteiger partial charge in [-0.3, -0.25) is 10.2 Å². The number of hydrazone groups is 1. The van der Waals surface area contributed by atoms with Crippen LogP contribution in [0.1, 0.15) is 27.9 Å². The van der Waals surface area contributed by atoms with E-state index in [9.17, 15) is 4.79 Å². The van der Waals surface area contributed by atoms with Gasteiger partial charge in [-0.15, -0.1) is 0 Å². The summed E-state index contributed by atoms with van der Waals surface area (Å²) in [5, 5.41) is 5.04. The van der Waals surface area contributed by atoms with Gasteiger partial charge in [-0.2, -0.15) is 5.10 Å². The van der Waals surface area contributed by atoms with Gasteiger partial charge in [-0.1, -0.05) is 41.9 Å². The summed E-state index contributed by atoms with van der Waals surface area (Å²) in [4.78, 5) is 11.9. The summed E-state index contributed by atoms with van der Waals surface area (Å²) in [6.07, 6.45) is 0.339. The second-order valence-corrected chi connectivity index (χ2v) is 5.19. The third kappa shape index (κ3) is 2.32. The van der Waals surface area contributed by atoms with Crippen LogP contribution in [-0.4, -0.2) is 11.5 Å². The van der Waals surface area contributed by atoms with E-state index >= 15 is 0 Å². The first-order valence-corrected chi connectivity index (χ1v) is 6.74. The minimum atomic E-state index is 0.114. The third-order valence-corrected chi connectivity index (χ3v) is 3.77. The molecule has 0 fully saturated rings. The molecule has 0 bridgehead atoms. The molecule has 20 heavy (non-hydrogen) atoms. The Morgan fingerprint density at radius 1 is 1.15 bits per heavy atom. The second kappa shape index (κ2) is 5.10. The Balaban J connectivity index is 1.87. The van der Waals surface area contributed by atoms with Crippen molar-refractivity contribution in [2.24, 2.45) is 5.10 Å². The van der Waals surface area contributed by atoms with E-state index in [0.717, 1.165) is 28.1 Å². The molecule has 0 amide bonds. The van der Waals surface area contributed by atoms with Gasteiger partial charge < -0.3 is 0 Å². The lowest BCUT2D eigenvalue weighted by atomic mass is 10.1. The van der Waals surface area contributed by atoms with Crippen LogP contribution in [0, 0.1) is 6.92 Å². The molecule has 0 unspecified atom stereocenters. The molecule has 0 spiro atoms. The number of halogens is 1. The Labute approximate surface area is 122 Å². The molecule has 100 valence electrons. The van der Waals surface area contributed by atoms with Gasteiger partial charge in [-0.05, 0) is 24.6 Å². The van der Waals surface area contributed by atoms with Crippen LogP contribution in [0.4, 0.5) is 5.69 Å². The second-order valence-electron chi connectivity index (χ2n) is 4.78. The number of hydrogen-bond acceptors (Lipinski definition) is 3. The van der Waals surface area contributed by atoms with E-state index in [1.54, 1.807) is 0 Å². The predicted octanol–water partition coefficient (Wildman–Crippen LogP) is 4.05. The van der Waals surface area contributed by atoms with Gasteiger partial charge in [0.2, 0.25) is 0 Å². The summed E-state index contributed by atoms with van der Waals surface area (Å²) in [5.74, 6) is 0.114. The van der Waals surface area contributed by atoms with Crippen molar-refractivity contribution < 1.29 is 4.79 Å². The molecular formula is C16H13ClN2O. The zero-order valence-electron chi connectivity index (χ0n) is 11.0. The zero-order chi connectivity index (χ0) is 14.1. The molecular weight excluding hydrogens is 272 g/mol. The smallest absolute Gasteiger partial charge is 0.169 e. The molecule has 0 aromatic heterocycles. The fourth-order valence-electron chi connectivity index (χ4n) is 2.21. The molecule has 0 atom stereocenters. The summed E-state index contributed by atoms with van der Waals surface area (Å²) >= 11 is 6.07. The van der Waals surface area contributed by atoms with E-state index < -0.39 is 0 Å². The van der Waals surface area contributed by atoms with Crippen LogP contribution in [0.15, 0.2) is 47.6 Å². The summed E-state index contributed by atoms with van der Waals surface area (Å²) in [6, 6.07) is 13.2. The highest BCUT2D eigenvalue weighted by Crippen LogP contribution is 2.23. The molecule has 0 radical (unpaired) electrons. The van der Waals surface area contributed by atoms with Crippen LogP contribution in [0.5, 0.6) is 0 Å². The molecule has 1 N–H and O–H groups in total. The number of aryl methyl sites for hydroxylation is 1. The van der Waals surface area contributed by atoms with E-state index in [0.29, 0.717) is 11.4 Å². The maximum atomic E-state index is 11.9. The van der Waals surface area contributed by atoms with E-state index in [1.165, 1.54) is 0 Å². The van der Waals surface area contributed by atoms with Gasteiger partial charge in [-0.25, -0.2) is 0 Å². The quantitative estimate of drug-likeness (QED) is 0.845. The lowest BCUT2D eigenvalue weighted by Gasteiger charge is -2.04. The fraction of sp³-hybridized carbons (Fsp3) is 0.125. The summed E-state index contributed by atoms with van der Waals surface area (Å²) in [5.41, 5.74) is 7.21. The maximum absolute atomic E-state index is 11.9.